The summed E-state index contributed by atoms with van der Waals surface area (Å²) in [5, 5.41) is 9.73. The van der Waals surface area contributed by atoms with Gasteiger partial charge in [-0.05, 0) is 18.8 Å². The van der Waals surface area contributed by atoms with Crippen molar-refractivity contribution in [3.05, 3.63) is 11.4 Å². The Morgan fingerprint density at radius 2 is 2.22 bits per heavy atom. The van der Waals surface area contributed by atoms with Gasteiger partial charge in [0.25, 0.3) is 5.91 Å². The van der Waals surface area contributed by atoms with E-state index < -0.39 is 0 Å². The smallest absolute Gasteiger partial charge is 0.274 e. The zero-order valence-electron chi connectivity index (χ0n) is 11.0. The number of H-pyrrole nitrogens is 1. The van der Waals surface area contributed by atoms with Gasteiger partial charge in [0.15, 0.2) is 5.69 Å². The predicted molar refractivity (Wildman–Crippen MR) is 68.4 cm³/mol. The van der Waals surface area contributed by atoms with Crippen molar-refractivity contribution in [3.8, 4) is 0 Å². The van der Waals surface area contributed by atoms with Gasteiger partial charge in [-0.2, -0.15) is 5.10 Å². The first kappa shape index (κ1) is 12.9. The quantitative estimate of drug-likeness (QED) is 0.746. The first-order valence-corrected chi connectivity index (χ1v) is 6.20. The second kappa shape index (κ2) is 4.97. The van der Waals surface area contributed by atoms with E-state index in [4.69, 9.17) is 10.5 Å². The number of rotatable bonds is 4. The molecule has 0 bridgehead atoms. The summed E-state index contributed by atoms with van der Waals surface area (Å²) in [6.45, 7) is 4.00. The molecule has 1 aromatic rings. The molecular weight excluding hydrogens is 232 g/mol. The van der Waals surface area contributed by atoms with Crippen LogP contribution < -0.4 is 11.1 Å². The zero-order valence-corrected chi connectivity index (χ0v) is 11.0. The summed E-state index contributed by atoms with van der Waals surface area (Å²) in [7, 11) is 1.68. The topological polar surface area (TPSA) is 93.0 Å². The van der Waals surface area contributed by atoms with Crippen LogP contribution in [0.4, 0.5) is 5.69 Å². The van der Waals surface area contributed by atoms with Crippen LogP contribution in [0, 0.1) is 0 Å². The number of amides is 1. The Labute approximate surface area is 106 Å². The second-order valence-electron chi connectivity index (χ2n) is 5.05. The van der Waals surface area contributed by atoms with Crippen molar-refractivity contribution < 1.29 is 9.53 Å². The Hall–Kier alpha value is -1.56. The molecule has 1 amide bonds. The van der Waals surface area contributed by atoms with Crippen LogP contribution in [0.25, 0.3) is 0 Å². The molecule has 0 saturated heterocycles. The maximum Gasteiger partial charge on any atom is 0.274 e. The minimum absolute atomic E-state index is 0.168. The molecule has 1 heterocycles. The van der Waals surface area contributed by atoms with E-state index in [1.165, 1.54) is 0 Å². The number of carbonyl (C=O) groups is 1. The summed E-state index contributed by atoms with van der Waals surface area (Å²) in [5.74, 6) is 0.0100. The van der Waals surface area contributed by atoms with E-state index in [2.05, 4.69) is 15.5 Å². The predicted octanol–water partition coefficient (Wildman–Crippen LogP) is 1.02. The number of hydrogen-bond acceptors (Lipinski definition) is 4. The summed E-state index contributed by atoms with van der Waals surface area (Å²) in [6.07, 6.45) is 1.96. The van der Waals surface area contributed by atoms with Gasteiger partial charge in [0, 0.05) is 13.2 Å². The van der Waals surface area contributed by atoms with E-state index in [0.717, 1.165) is 18.5 Å². The number of nitrogen functional groups attached to an aromatic ring is 1. The van der Waals surface area contributed by atoms with Crippen molar-refractivity contribution >= 4 is 11.6 Å². The molecule has 1 aromatic heterocycles. The maximum absolute atomic E-state index is 12.0. The fourth-order valence-electron chi connectivity index (χ4n) is 2.11. The van der Waals surface area contributed by atoms with Gasteiger partial charge >= 0.3 is 0 Å². The van der Waals surface area contributed by atoms with Crippen molar-refractivity contribution in [1.29, 1.82) is 0 Å². The number of nitrogens with one attached hydrogen (secondary N) is 2. The molecule has 18 heavy (non-hydrogen) atoms. The first-order chi connectivity index (χ1) is 8.52. The lowest BCUT2D eigenvalue weighted by Gasteiger charge is -2.34. The van der Waals surface area contributed by atoms with E-state index in [1.807, 2.05) is 13.8 Å². The summed E-state index contributed by atoms with van der Waals surface area (Å²) in [6, 6.07) is 0.168. The molecule has 6 heteroatoms. The molecule has 0 spiro atoms. The lowest BCUT2D eigenvalue weighted by atomic mass is 9.89. The molecule has 1 saturated carbocycles. The summed E-state index contributed by atoms with van der Waals surface area (Å²) in [4.78, 5) is 12.0. The van der Waals surface area contributed by atoms with Gasteiger partial charge in [0.2, 0.25) is 0 Å². The van der Waals surface area contributed by atoms with E-state index in [-0.39, 0.29) is 24.0 Å². The van der Waals surface area contributed by atoms with Crippen LogP contribution in [0.2, 0.25) is 0 Å². The Balaban J connectivity index is 1.97. The lowest BCUT2D eigenvalue weighted by molar-refractivity contribution is 0.0175. The van der Waals surface area contributed by atoms with Crippen LogP contribution in [0.1, 0.15) is 48.8 Å². The van der Waals surface area contributed by atoms with Gasteiger partial charge in [0.05, 0.1) is 17.5 Å². The van der Waals surface area contributed by atoms with Crippen molar-refractivity contribution in [2.24, 2.45) is 0 Å². The largest absolute Gasteiger partial charge is 0.395 e. The van der Waals surface area contributed by atoms with Crippen molar-refractivity contribution in [2.75, 3.05) is 12.8 Å². The fourth-order valence-corrected chi connectivity index (χ4v) is 2.11. The van der Waals surface area contributed by atoms with Crippen molar-refractivity contribution in [3.63, 3.8) is 0 Å². The first-order valence-electron chi connectivity index (χ1n) is 6.20. The van der Waals surface area contributed by atoms with Crippen LogP contribution in [-0.4, -0.2) is 35.4 Å². The Bertz CT molecular complexity index is 435. The highest BCUT2D eigenvalue weighted by molar-refractivity contribution is 5.97. The average Bonchev–Trinajstić information content (AvgIpc) is 2.64. The van der Waals surface area contributed by atoms with Gasteiger partial charge in [-0.3, -0.25) is 9.89 Å². The number of ether oxygens (including phenoxy) is 1. The average molecular weight is 252 g/mol. The molecule has 0 atom stereocenters. The summed E-state index contributed by atoms with van der Waals surface area (Å²) >= 11 is 0. The van der Waals surface area contributed by atoms with Gasteiger partial charge in [-0.25, -0.2) is 0 Å². The molecule has 2 rings (SSSR count). The number of aromatic amines is 1. The molecule has 4 N–H and O–H groups in total. The van der Waals surface area contributed by atoms with E-state index in [0.29, 0.717) is 11.4 Å². The maximum atomic E-state index is 12.0. The fraction of sp³-hybridized carbons (Fsp3) is 0.667. The lowest BCUT2D eigenvalue weighted by Crippen LogP contribution is -2.47. The number of aromatic nitrogens is 2. The molecule has 100 valence electrons. The van der Waals surface area contributed by atoms with Crippen LogP contribution >= 0.6 is 0 Å². The summed E-state index contributed by atoms with van der Waals surface area (Å²) < 4.78 is 5.17. The molecule has 0 unspecified atom stereocenters. The van der Waals surface area contributed by atoms with Gasteiger partial charge in [-0.15, -0.1) is 0 Å². The molecule has 6 nitrogen and oxygen atoms in total. The molecule has 1 fully saturated rings. The van der Waals surface area contributed by atoms with Crippen LogP contribution in [0.3, 0.4) is 0 Å². The summed E-state index contributed by atoms with van der Waals surface area (Å²) in [5.41, 5.74) is 7.46. The molecule has 0 radical (unpaired) electrons. The van der Waals surface area contributed by atoms with Gasteiger partial charge in [-0.1, -0.05) is 13.8 Å². The highest BCUT2D eigenvalue weighted by Gasteiger charge is 2.31. The number of hydrogen-bond donors (Lipinski definition) is 3. The third-order valence-corrected chi connectivity index (χ3v) is 3.39. The monoisotopic (exact) mass is 252 g/mol. The molecule has 0 aliphatic heterocycles. The Kier molecular flexibility index (Phi) is 3.56. The minimum atomic E-state index is -0.213. The van der Waals surface area contributed by atoms with Crippen molar-refractivity contribution in [1.82, 2.24) is 15.5 Å². The third kappa shape index (κ3) is 2.33. The zero-order chi connectivity index (χ0) is 13.3. The van der Waals surface area contributed by atoms with Gasteiger partial charge in [0.1, 0.15) is 0 Å². The van der Waals surface area contributed by atoms with Crippen LogP contribution in [-0.2, 0) is 4.74 Å². The van der Waals surface area contributed by atoms with Crippen molar-refractivity contribution in [2.45, 2.75) is 44.8 Å². The number of anilines is 1. The van der Waals surface area contributed by atoms with Gasteiger partial charge < -0.3 is 15.8 Å². The molecular formula is C12H20N4O2. The SMILES string of the molecule is COC1CC(NC(=O)c2n[nH]c(C(C)C)c2N)C1. The molecule has 1 aliphatic rings. The van der Waals surface area contributed by atoms with E-state index in [1.54, 1.807) is 7.11 Å². The van der Waals surface area contributed by atoms with Crippen LogP contribution in [0.5, 0.6) is 0 Å². The molecule has 0 aromatic carbocycles. The highest BCUT2D eigenvalue weighted by Crippen LogP contribution is 2.25. The number of nitrogens with zero attached hydrogens (tertiary/aromatic N) is 1. The molecule has 1 aliphatic carbocycles. The Morgan fingerprint density at radius 3 is 2.72 bits per heavy atom. The standard InChI is InChI=1S/C12H20N4O2/c1-6(2)10-9(13)11(16-15-10)12(17)14-7-4-8(5-7)18-3/h6-8H,4-5,13H2,1-3H3,(H,14,17)(H,15,16). The highest BCUT2D eigenvalue weighted by atomic mass is 16.5. The number of carbonyl (C=O) groups excluding carboxylic acids is 1. The number of methoxy groups -OCH3 is 1. The minimum Gasteiger partial charge on any atom is -0.395 e. The normalized spacial score (nSPS) is 22.9. The number of nitrogens with two attached hydrogens (primary N) is 1. The van der Waals surface area contributed by atoms with Crippen LogP contribution in [0.15, 0.2) is 0 Å². The Morgan fingerprint density at radius 1 is 1.56 bits per heavy atom. The van der Waals surface area contributed by atoms with E-state index in [9.17, 15) is 4.79 Å². The second-order valence-corrected chi connectivity index (χ2v) is 5.05. The third-order valence-electron chi connectivity index (χ3n) is 3.39. The van der Waals surface area contributed by atoms with E-state index >= 15 is 0 Å².